The summed E-state index contributed by atoms with van der Waals surface area (Å²) in [7, 11) is -5.86. The van der Waals surface area contributed by atoms with E-state index in [1.54, 1.807) is 24.3 Å². The lowest BCUT2D eigenvalue weighted by Gasteiger charge is -2.14. The molecule has 3 aromatic rings. The first kappa shape index (κ1) is 23.3. The van der Waals surface area contributed by atoms with Crippen molar-refractivity contribution in [2.45, 2.75) is 11.8 Å². The lowest BCUT2D eigenvalue weighted by molar-refractivity contribution is -0.0107. The summed E-state index contributed by atoms with van der Waals surface area (Å²) in [6, 6.07) is 10.2. The summed E-state index contributed by atoms with van der Waals surface area (Å²) in [6.07, 6.45) is 0. The molecule has 1 heterocycles. The van der Waals surface area contributed by atoms with E-state index in [1.807, 2.05) is 6.92 Å². The van der Waals surface area contributed by atoms with Gasteiger partial charge in [0.2, 0.25) is 5.82 Å². The Morgan fingerprint density at radius 1 is 0.706 bits per heavy atom. The second-order valence-electron chi connectivity index (χ2n) is 6.95. The first-order chi connectivity index (χ1) is 15.9. The van der Waals surface area contributed by atoms with Crippen molar-refractivity contribution in [1.82, 2.24) is 5.06 Å². The van der Waals surface area contributed by atoms with Crippen LogP contribution in [-0.2, 0) is 14.4 Å². The number of carbonyl (C=O) groups excluding carboxylic acids is 2. The van der Waals surface area contributed by atoms with Crippen LogP contribution in [0, 0.1) is 36.0 Å². The van der Waals surface area contributed by atoms with Crippen LogP contribution in [0.1, 0.15) is 26.3 Å². The largest absolute Gasteiger partial charge is 0.457 e. The number of imide groups is 1. The maximum Gasteiger partial charge on any atom is 0.324 e. The highest BCUT2D eigenvalue weighted by atomic mass is 32.2. The topological polar surface area (TPSA) is 90.0 Å². The fraction of sp³-hybridized carbons (Fsp3) is 0.0476. The molecular weight excluding hydrogens is 489 g/mol. The Kier molecular flexibility index (Phi) is 5.61. The van der Waals surface area contributed by atoms with Crippen LogP contribution in [-0.4, -0.2) is 25.3 Å². The molecule has 0 radical (unpaired) electrons. The van der Waals surface area contributed by atoms with Gasteiger partial charge in [-0.15, -0.1) is 9.35 Å². The summed E-state index contributed by atoms with van der Waals surface area (Å²) in [5, 5.41) is -0.367. The van der Waals surface area contributed by atoms with Crippen molar-refractivity contribution in [2.75, 3.05) is 0 Å². The van der Waals surface area contributed by atoms with Crippen LogP contribution in [0.15, 0.2) is 47.4 Å². The van der Waals surface area contributed by atoms with Crippen LogP contribution in [0.25, 0.3) is 0 Å². The van der Waals surface area contributed by atoms with E-state index >= 15 is 0 Å². The Hall–Kier alpha value is -3.84. The zero-order valence-corrected chi connectivity index (χ0v) is 17.6. The minimum atomic E-state index is -5.86. The summed E-state index contributed by atoms with van der Waals surface area (Å²) >= 11 is 0. The van der Waals surface area contributed by atoms with E-state index in [9.17, 15) is 40.0 Å². The number of aryl methyl sites for hydroxylation is 1. The van der Waals surface area contributed by atoms with Crippen molar-refractivity contribution in [3.8, 4) is 11.5 Å². The van der Waals surface area contributed by atoms with Crippen molar-refractivity contribution >= 4 is 21.9 Å². The standard InChI is InChI=1S/C21H10F5NO6S/c1-9-2-4-10(5-3-9)32-11-6-7-12-13(8-11)21(29)27(20(12)28)33-34(30,31)19-17(25)15(23)14(22)16(24)18(19)26/h2-8H,1H3. The van der Waals surface area contributed by atoms with Crippen molar-refractivity contribution in [1.29, 1.82) is 0 Å². The lowest BCUT2D eigenvalue weighted by atomic mass is 10.1. The van der Waals surface area contributed by atoms with Gasteiger partial charge in [0.1, 0.15) is 11.5 Å². The first-order valence-corrected chi connectivity index (χ1v) is 10.6. The van der Waals surface area contributed by atoms with Crippen LogP contribution in [0.4, 0.5) is 22.0 Å². The molecule has 4 rings (SSSR count). The van der Waals surface area contributed by atoms with Gasteiger partial charge in [-0.1, -0.05) is 17.7 Å². The SMILES string of the molecule is Cc1ccc(Oc2ccc3c(c2)C(=O)N(OS(=O)(=O)c2c(F)c(F)c(F)c(F)c2F)C3=O)cc1. The smallest absolute Gasteiger partial charge is 0.324 e. The molecule has 1 aliphatic rings. The Morgan fingerprint density at radius 2 is 1.21 bits per heavy atom. The number of fused-ring (bicyclic) bond motifs is 1. The van der Waals surface area contributed by atoms with E-state index in [0.29, 0.717) is 5.75 Å². The molecule has 13 heteroatoms. The molecule has 7 nitrogen and oxygen atoms in total. The molecule has 0 aromatic heterocycles. The van der Waals surface area contributed by atoms with Crippen molar-refractivity contribution < 1.29 is 49.0 Å². The van der Waals surface area contributed by atoms with E-state index in [2.05, 4.69) is 4.28 Å². The second kappa shape index (κ2) is 8.18. The molecule has 0 aliphatic carbocycles. The van der Waals surface area contributed by atoms with E-state index in [-0.39, 0.29) is 21.9 Å². The number of rotatable bonds is 5. The number of hydroxylamine groups is 2. The molecular formula is C21H10F5NO6S. The number of hydrogen-bond acceptors (Lipinski definition) is 6. The molecule has 2 amide bonds. The summed E-state index contributed by atoms with van der Waals surface area (Å²) in [5.74, 6) is -15.4. The molecule has 0 unspecified atom stereocenters. The van der Waals surface area contributed by atoms with Gasteiger partial charge in [-0.3, -0.25) is 9.59 Å². The monoisotopic (exact) mass is 499 g/mol. The predicted octanol–water partition coefficient (Wildman–Crippen LogP) is 4.40. The highest BCUT2D eigenvalue weighted by Crippen LogP contribution is 2.33. The maximum absolute atomic E-state index is 13.9. The molecule has 0 fully saturated rings. The highest BCUT2D eigenvalue weighted by Gasteiger charge is 2.43. The molecule has 34 heavy (non-hydrogen) atoms. The minimum absolute atomic E-state index is 0.0771. The van der Waals surface area contributed by atoms with Crippen LogP contribution in [0.3, 0.4) is 0 Å². The average molecular weight is 499 g/mol. The second-order valence-corrected chi connectivity index (χ2v) is 8.42. The normalized spacial score (nSPS) is 13.4. The Labute approximate surface area is 188 Å². The first-order valence-electron chi connectivity index (χ1n) is 9.15. The van der Waals surface area contributed by atoms with Crippen molar-refractivity contribution in [2.24, 2.45) is 0 Å². The van der Waals surface area contributed by atoms with Crippen molar-refractivity contribution in [3.05, 3.63) is 88.2 Å². The third kappa shape index (κ3) is 3.78. The number of benzene rings is 3. The minimum Gasteiger partial charge on any atom is -0.457 e. The fourth-order valence-electron chi connectivity index (χ4n) is 3.01. The molecule has 0 spiro atoms. The number of nitrogens with zero attached hydrogens (tertiary/aromatic N) is 1. The molecule has 176 valence electrons. The Balaban J connectivity index is 1.65. The zero-order valence-electron chi connectivity index (χ0n) is 16.7. The molecule has 0 saturated heterocycles. The Morgan fingerprint density at radius 3 is 1.79 bits per heavy atom. The lowest BCUT2D eigenvalue weighted by Crippen LogP contribution is -2.33. The third-order valence-electron chi connectivity index (χ3n) is 4.67. The van der Waals surface area contributed by atoms with E-state index in [1.165, 1.54) is 6.07 Å². The molecule has 0 saturated carbocycles. The van der Waals surface area contributed by atoms with Crippen molar-refractivity contribution in [3.63, 3.8) is 0 Å². The van der Waals surface area contributed by atoms with Gasteiger partial charge in [0.15, 0.2) is 28.2 Å². The van der Waals surface area contributed by atoms with E-state index in [4.69, 9.17) is 4.74 Å². The molecule has 1 aliphatic heterocycles. The maximum atomic E-state index is 13.9. The van der Waals surface area contributed by atoms with E-state index in [0.717, 1.165) is 17.7 Å². The summed E-state index contributed by atoms with van der Waals surface area (Å²) in [5.41, 5.74) is 0.209. The highest BCUT2D eigenvalue weighted by molar-refractivity contribution is 7.86. The molecule has 0 bridgehead atoms. The summed E-state index contributed by atoms with van der Waals surface area (Å²) in [6.45, 7) is 1.85. The zero-order chi connectivity index (χ0) is 24.9. The van der Waals surface area contributed by atoms with Gasteiger partial charge in [-0.25, -0.2) is 22.0 Å². The van der Waals surface area contributed by atoms with E-state index < -0.39 is 55.9 Å². The van der Waals surface area contributed by atoms with Gasteiger partial charge in [0.25, 0.3) is 11.8 Å². The summed E-state index contributed by atoms with van der Waals surface area (Å²) in [4.78, 5) is 22.7. The Bertz CT molecular complexity index is 1440. The van der Waals surface area contributed by atoms with Crippen LogP contribution < -0.4 is 4.74 Å². The van der Waals surface area contributed by atoms with Gasteiger partial charge < -0.3 is 4.74 Å². The van der Waals surface area contributed by atoms with Gasteiger partial charge >= 0.3 is 10.1 Å². The van der Waals surface area contributed by atoms with Crippen LogP contribution in [0.5, 0.6) is 11.5 Å². The number of amides is 2. The molecule has 0 N–H and O–H groups in total. The van der Waals surface area contributed by atoms with Gasteiger partial charge in [-0.05, 0) is 37.3 Å². The van der Waals surface area contributed by atoms with Crippen LogP contribution in [0.2, 0.25) is 0 Å². The predicted molar refractivity (Wildman–Crippen MR) is 103 cm³/mol. The fourth-order valence-corrected chi connectivity index (χ4v) is 4.04. The van der Waals surface area contributed by atoms with Gasteiger partial charge in [-0.2, -0.15) is 8.42 Å². The number of halogens is 5. The molecule has 0 atom stereocenters. The number of hydrogen-bond donors (Lipinski definition) is 0. The summed E-state index contributed by atoms with van der Waals surface area (Å²) < 4.78 is 102. The van der Waals surface area contributed by atoms with Gasteiger partial charge in [0.05, 0.1) is 11.1 Å². The van der Waals surface area contributed by atoms with Crippen LogP contribution >= 0.6 is 0 Å². The number of carbonyl (C=O) groups is 2. The molecule has 3 aromatic carbocycles. The quantitative estimate of drug-likeness (QED) is 0.224. The number of ether oxygens (including phenoxy) is 1. The third-order valence-corrected chi connectivity index (χ3v) is 5.87. The average Bonchev–Trinajstić information content (AvgIpc) is 3.02. The van der Waals surface area contributed by atoms with Gasteiger partial charge in [0, 0.05) is 0 Å².